The van der Waals surface area contributed by atoms with Crippen LogP contribution in [0, 0.1) is 5.41 Å². The molecular formula is C12H22N2O3. The number of ether oxygens (including phenoxy) is 1. The lowest BCUT2D eigenvalue weighted by atomic mass is 9.93. The normalized spacial score (nSPS) is 20.9. The maximum atomic E-state index is 12.1. The van der Waals surface area contributed by atoms with Crippen LogP contribution in [0.2, 0.25) is 0 Å². The molecule has 5 heteroatoms. The van der Waals surface area contributed by atoms with Crippen LogP contribution in [0.4, 0.5) is 4.79 Å². The highest BCUT2D eigenvalue weighted by Crippen LogP contribution is 2.20. The number of hydrogen-bond acceptors (Lipinski definition) is 3. The average Bonchev–Trinajstić information content (AvgIpc) is 2.27. The molecule has 1 aliphatic heterocycles. The van der Waals surface area contributed by atoms with E-state index in [-0.39, 0.29) is 17.4 Å². The molecule has 1 fully saturated rings. The summed E-state index contributed by atoms with van der Waals surface area (Å²) in [5.74, 6) is 0.133. The van der Waals surface area contributed by atoms with Crippen LogP contribution in [0.5, 0.6) is 0 Å². The first-order valence-electron chi connectivity index (χ1n) is 5.98. The van der Waals surface area contributed by atoms with Gasteiger partial charge in [0.15, 0.2) is 0 Å². The molecule has 0 aliphatic carbocycles. The number of nitrogens with zero attached hydrogens (tertiary/aromatic N) is 1. The number of alkyl carbamates (subject to hydrolysis) is 1. The molecule has 0 spiro atoms. The predicted octanol–water partition coefficient (Wildman–Crippen LogP) is 1.38. The van der Waals surface area contributed by atoms with Gasteiger partial charge >= 0.3 is 6.09 Å². The lowest BCUT2D eigenvalue weighted by Crippen LogP contribution is -2.52. The highest BCUT2D eigenvalue weighted by atomic mass is 16.5. The van der Waals surface area contributed by atoms with Gasteiger partial charge in [0, 0.05) is 24.5 Å². The number of likely N-dealkylation sites (tertiary alicyclic amines) is 1. The van der Waals surface area contributed by atoms with Crippen molar-refractivity contribution in [1.29, 1.82) is 0 Å². The summed E-state index contributed by atoms with van der Waals surface area (Å²) < 4.78 is 4.56. The zero-order valence-corrected chi connectivity index (χ0v) is 11.1. The third kappa shape index (κ3) is 3.91. The lowest BCUT2D eigenvalue weighted by Gasteiger charge is -2.36. The first-order chi connectivity index (χ1) is 7.84. The molecule has 0 bridgehead atoms. The summed E-state index contributed by atoms with van der Waals surface area (Å²) in [6, 6.07) is 0.00231. The number of methoxy groups -OCH3 is 1. The Labute approximate surface area is 102 Å². The van der Waals surface area contributed by atoms with Crippen LogP contribution in [-0.4, -0.2) is 43.1 Å². The molecule has 1 aliphatic rings. The number of rotatable bonds is 1. The van der Waals surface area contributed by atoms with Crippen LogP contribution < -0.4 is 5.32 Å². The molecule has 2 amide bonds. The van der Waals surface area contributed by atoms with Gasteiger partial charge in [0.2, 0.25) is 5.91 Å². The van der Waals surface area contributed by atoms with Gasteiger partial charge in [-0.15, -0.1) is 0 Å². The Morgan fingerprint density at radius 3 is 2.53 bits per heavy atom. The number of amides is 2. The Balaban J connectivity index is 2.55. The van der Waals surface area contributed by atoms with Crippen LogP contribution in [0.1, 0.15) is 33.6 Å². The molecule has 0 aromatic rings. The van der Waals surface area contributed by atoms with Crippen molar-refractivity contribution in [2.75, 3.05) is 20.2 Å². The summed E-state index contributed by atoms with van der Waals surface area (Å²) in [5.41, 5.74) is -0.368. The standard InChI is InChI=1S/C12H22N2O3/c1-12(2,3)10(15)14-7-5-6-9(8-14)13-11(16)17-4/h9H,5-8H2,1-4H3,(H,13,16). The van der Waals surface area contributed by atoms with Crippen molar-refractivity contribution in [2.45, 2.75) is 39.7 Å². The summed E-state index contributed by atoms with van der Waals surface area (Å²) in [7, 11) is 1.34. The van der Waals surface area contributed by atoms with E-state index < -0.39 is 6.09 Å². The topological polar surface area (TPSA) is 58.6 Å². The van der Waals surface area contributed by atoms with E-state index in [2.05, 4.69) is 10.1 Å². The van der Waals surface area contributed by atoms with Crippen LogP contribution in [0.25, 0.3) is 0 Å². The molecule has 1 rings (SSSR count). The first kappa shape index (κ1) is 13.8. The summed E-state index contributed by atoms with van der Waals surface area (Å²) in [4.78, 5) is 25.0. The van der Waals surface area contributed by atoms with E-state index in [0.29, 0.717) is 6.54 Å². The minimum absolute atomic E-state index is 0.00231. The minimum atomic E-state index is -0.431. The fourth-order valence-corrected chi connectivity index (χ4v) is 1.98. The van der Waals surface area contributed by atoms with Gasteiger partial charge in [0.1, 0.15) is 0 Å². The maximum Gasteiger partial charge on any atom is 0.407 e. The van der Waals surface area contributed by atoms with Gasteiger partial charge in [-0.05, 0) is 12.8 Å². The summed E-state index contributed by atoms with van der Waals surface area (Å²) in [6.45, 7) is 7.08. The SMILES string of the molecule is COC(=O)NC1CCCN(C(=O)C(C)(C)C)C1. The number of carbonyl (C=O) groups is 2. The van der Waals surface area contributed by atoms with Gasteiger partial charge in [0.05, 0.1) is 7.11 Å². The quantitative estimate of drug-likeness (QED) is 0.755. The Kier molecular flexibility index (Phi) is 4.37. The number of hydrogen-bond donors (Lipinski definition) is 1. The maximum absolute atomic E-state index is 12.1. The molecule has 1 N–H and O–H groups in total. The molecule has 1 heterocycles. The van der Waals surface area contributed by atoms with Gasteiger partial charge in [-0.3, -0.25) is 4.79 Å². The molecule has 0 radical (unpaired) electrons. The lowest BCUT2D eigenvalue weighted by molar-refractivity contribution is -0.140. The Hall–Kier alpha value is -1.26. The van der Waals surface area contributed by atoms with Gasteiger partial charge in [-0.1, -0.05) is 20.8 Å². The zero-order chi connectivity index (χ0) is 13.1. The van der Waals surface area contributed by atoms with Crippen molar-refractivity contribution in [1.82, 2.24) is 10.2 Å². The molecule has 0 aromatic heterocycles. The largest absolute Gasteiger partial charge is 0.453 e. The van der Waals surface area contributed by atoms with E-state index >= 15 is 0 Å². The van der Waals surface area contributed by atoms with Crippen LogP contribution in [0.15, 0.2) is 0 Å². The second-order valence-electron chi connectivity index (χ2n) is 5.48. The highest BCUT2D eigenvalue weighted by Gasteiger charge is 2.31. The summed E-state index contributed by atoms with van der Waals surface area (Å²) in [5, 5.41) is 2.75. The van der Waals surface area contributed by atoms with E-state index in [0.717, 1.165) is 19.4 Å². The fraction of sp³-hybridized carbons (Fsp3) is 0.833. The van der Waals surface area contributed by atoms with Gasteiger partial charge in [0.25, 0.3) is 0 Å². The molecule has 1 saturated heterocycles. The third-order valence-electron chi connectivity index (χ3n) is 2.86. The van der Waals surface area contributed by atoms with Crippen LogP contribution in [-0.2, 0) is 9.53 Å². The van der Waals surface area contributed by atoms with Crippen LogP contribution >= 0.6 is 0 Å². The zero-order valence-electron chi connectivity index (χ0n) is 11.1. The van der Waals surface area contributed by atoms with Crippen molar-refractivity contribution in [3.05, 3.63) is 0 Å². The molecule has 98 valence electrons. The van der Waals surface area contributed by atoms with Gasteiger partial charge in [-0.2, -0.15) is 0 Å². The number of nitrogens with one attached hydrogen (secondary N) is 1. The second kappa shape index (κ2) is 5.38. The highest BCUT2D eigenvalue weighted by molar-refractivity contribution is 5.81. The van der Waals surface area contributed by atoms with Gasteiger partial charge < -0.3 is 15.0 Å². The molecular weight excluding hydrogens is 220 g/mol. The Bertz CT molecular complexity index is 297. The van der Waals surface area contributed by atoms with Gasteiger partial charge in [-0.25, -0.2) is 4.79 Å². The van der Waals surface area contributed by atoms with Crippen molar-refractivity contribution in [3.8, 4) is 0 Å². The number of carbonyl (C=O) groups excluding carboxylic acids is 2. The molecule has 1 unspecified atom stereocenters. The van der Waals surface area contributed by atoms with E-state index in [1.807, 2.05) is 25.7 Å². The summed E-state index contributed by atoms with van der Waals surface area (Å²) >= 11 is 0. The second-order valence-corrected chi connectivity index (χ2v) is 5.48. The average molecular weight is 242 g/mol. The summed E-state index contributed by atoms with van der Waals surface area (Å²) in [6.07, 6.45) is 1.37. The Morgan fingerprint density at radius 1 is 1.35 bits per heavy atom. The van der Waals surface area contributed by atoms with Crippen molar-refractivity contribution in [2.24, 2.45) is 5.41 Å². The van der Waals surface area contributed by atoms with Crippen molar-refractivity contribution in [3.63, 3.8) is 0 Å². The Morgan fingerprint density at radius 2 is 2.00 bits per heavy atom. The molecule has 17 heavy (non-hydrogen) atoms. The van der Waals surface area contributed by atoms with E-state index in [1.54, 1.807) is 0 Å². The van der Waals surface area contributed by atoms with E-state index in [1.165, 1.54) is 7.11 Å². The van der Waals surface area contributed by atoms with Crippen LogP contribution in [0.3, 0.4) is 0 Å². The van der Waals surface area contributed by atoms with Crippen molar-refractivity contribution >= 4 is 12.0 Å². The van der Waals surface area contributed by atoms with Crippen molar-refractivity contribution < 1.29 is 14.3 Å². The number of piperidine rings is 1. The first-order valence-corrected chi connectivity index (χ1v) is 5.98. The monoisotopic (exact) mass is 242 g/mol. The van der Waals surface area contributed by atoms with E-state index in [4.69, 9.17) is 0 Å². The molecule has 5 nitrogen and oxygen atoms in total. The smallest absolute Gasteiger partial charge is 0.407 e. The molecule has 1 atom stereocenters. The third-order valence-corrected chi connectivity index (χ3v) is 2.86. The molecule has 0 saturated carbocycles. The molecule has 0 aromatic carbocycles. The van der Waals surface area contributed by atoms with E-state index in [9.17, 15) is 9.59 Å². The fourth-order valence-electron chi connectivity index (χ4n) is 1.98. The minimum Gasteiger partial charge on any atom is -0.453 e. The predicted molar refractivity (Wildman–Crippen MR) is 64.6 cm³/mol.